The number of thiazole rings is 1. The van der Waals surface area contributed by atoms with Crippen molar-refractivity contribution in [3.05, 3.63) is 28.8 Å². The molecule has 0 radical (unpaired) electrons. The van der Waals surface area contributed by atoms with Gasteiger partial charge in [0.25, 0.3) is 0 Å². The van der Waals surface area contributed by atoms with Crippen LogP contribution in [0, 0.1) is 6.92 Å². The molecule has 3 rings (SSSR count). The van der Waals surface area contributed by atoms with E-state index in [1.165, 1.54) is 11.3 Å². The summed E-state index contributed by atoms with van der Waals surface area (Å²) in [5.41, 5.74) is 3.34. The van der Waals surface area contributed by atoms with Crippen LogP contribution in [-0.2, 0) is 0 Å². The summed E-state index contributed by atoms with van der Waals surface area (Å²) in [6, 6.07) is 0. The zero-order valence-electron chi connectivity index (χ0n) is 8.25. The van der Waals surface area contributed by atoms with Crippen LogP contribution in [0.15, 0.2) is 17.9 Å². The lowest BCUT2D eigenvalue weighted by atomic mass is 10.4. The number of fused-ring (bicyclic) bond motifs is 1. The normalized spacial score (nSPS) is 11.1. The Morgan fingerprint density at radius 2 is 2.19 bits per heavy atom. The molecule has 0 spiro atoms. The predicted molar refractivity (Wildman–Crippen MR) is 61.6 cm³/mol. The largest absolute Gasteiger partial charge is 0.262 e. The SMILES string of the molecule is Cc1ncsc1-c1nnc2cncc(Cl)n12. The highest BCUT2D eigenvalue weighted by molar-refractivity contribution is 7.13. The lowest BCUT2D eigenvalue weighted by Crippen LogP contribution is -1.92. The second-order valence-electron chi connectivity index (χ2n) is 3.21. The second kappa shape index (κ2) is 3.50. The van der Waals surface area contributed by atoms with Gasteiger partial charge >= 0.3 is 0 Å². The molecule has 0 N–H and O–H groups in total. The first-order chi connectivity index (χ1) is 7.77. The molecule has 0 aliphatic carbocycles. The smallest absolute Gasteiger partial charge is 0.181 e. The van der Waals surface area contributed by atoms with Crippen LogP contribution in [0.5, 0.6) is 0 Å². The summed E-state index contributed by atoms with van der Waals surface area (Å²) in [5, 5.41) is 8.63. The van der Waals surface area contributed by atoms with E-state index in [0.29, 0.717) is 16.6 Å². The van der Waals surface area contributed by atoms with Gasteiger partial charge in [0.1, 0.15) is 5.15 Å². The van der Waals surface area contributed by atoms with Crippen LogP contribution in [-0.4, -0.2) is 24.6 Å². The molecular weight excluding hydrogens is 246 g/mol. The van der Waals surface area contributed by atoms with Gasteiger partial charge in [-0.1, -0.05) is 11.6 Å². The van der Waals surface area contributed by atoms with Crippen molar-refractivity contribution in [3.63, 3.8) is 0 Å². The second-order valence-corrected chi connectivity index (χ2v) is 4.46. The maximum Gasteiger partial charge on any atom is 0.181 e. The highest BCUT2D eigenvalue weighted by Crippen LogP contribution is 2.27. The molecule has 7 heteroatoms. The molecule has 0 bridgehead atoms. The van der Waals surface area contributed by atoms with Crippen LogP contribution in [0.25, 0.3) is 16.3 Å². The van der Waals surface area contributed by atoms with E-state index in [4.69, 9.17) is 11.6 Å². The number of hydrogen-bond acceptors (Lipinski definition) is 5. The van der Waals surface area contributed by atoms with Gasteiger partial charge in [-0.25, -0.2) is 4.98 Å². The van der Waals surface area contributed by atoms with Gasteiger partial charge in [-0.2, -0.15) is 0 Å². The molecule has 0 aliphatic rings. The van der Waals surface area contributed by atoms with Gasteiger partial charge in [0, 0.05) is 0 Å². The topological polar surface area (TPSA) is 56.0 Å². The summed E-state index contributed by atoms with van der Waals surface area (Å²) < 4.78 is 1.76. The van der Waals surface area contributed by atoms with Crippen molar-refractivity contribution in [2.45, 2.75) is 6.92 Å². The zero-order valence-corrected chi connectivity index (χ0v) is 9.83. The van der Waals surface area contributed by atoms with Gasteiger partial charge in [-0.15, -0.1) is 21.5 Å². The average molecular weight is 252 g/mol. The van der Waals surface area contributed by atoms with E-state index in [2.05, 4.69) is 20.2 Å². The number of hydrogen-bond donors (Lipinski definition) is 0. The van der Waals surface area contributed by atoms with Gasteiger partial charge in [0.05, 0.1) is 28.5 Å². The number of nitrogens with zero attached hydrogens (tertiary/aromatic N) is 5. The fourth-order valence-electron chi connectivity index (χ4n) is 1.48. The van der Waals surface area contributed by atoms with E-state index in [1.54, 1.807) is 22.3 Å². The van der Waals surface area contributed by atoms with Gasteiger partial charge in [-0.3, -0.25) is 9.38 Å². The molecular formula is C9H6ClN5S. The van der Waals surface area contributed by atoms with Crippen molar-refractivity contribution in [3.8, 4) is 10.7 Å². The zero-order chi connectivity index (χ0) is 11.1. The van der Waals surface area contributed by atoms with Crippen molar-refractivity contribution >= 4 is 28.6 Å². The third-order valence-corrected chi connectivity index (χ3v) is 3.41. The molecule has 0 saturated carbocycles. The maximum absolute atomic E-state index is 6.08. The Hall–Kier alpha value is -1.53. The van der Waals surface area contributed by atoms with Crippen molar-refractivity contribution < 1.29 is 0 Å². The average Bonchev–Trinajstić information content (AvgIpc) is 2.84. The van der Waals surface area contributed by atoms with Crippen molar-refractivity contribution in [1.82, 2.24) is 24.6 Å². The monoisotopic (exact) mass is 251 g/mol. The van der Waals surface area contributed by atoms with Crippen molar-refractivity contribution in [1.29, 1.82) is 0 Å². The Labute approximate surface area is 99.8 Å². The summed E-state index contributed by atoms with van der Waals surface area (Å²) in [7, 11) is 0. The van der Waals surface area contributed by atoms with E-state index in [1.807, 2.05) is 6.92 Å². The standard InChI is InChI=1S/C9H6ClN5S/c1-5-8(16-4-12-5)9-14-13-7-3-11-2-6(10)15(7)9/h2-4H,1H3. The van der Waals surface area contributed by atoms with E-state index in [-0.39, 0.29) is 0 Å². The Morgan fingerprint density at radius 3 is 2.94 bits per heavy atom. The minimum absolute atomic E-state index is 0.491. The first kappa shape index (κ1) is 9.68. The highest BCUT2D eigenvalue weighted by atomic mass is 35.5. The van der Waals surface area contributed by atoms with Gasteiger partial charge in [-0.05, 0) is 6.92 Å². The molecule has 0 amide bonds. The molecule has 3 heterocycles. The third kappa shape index (κ3) is 1.30. The van der Waals surface area contributed by atoms with Crippen LogP contribution < -0.4 is 0 Å². The van der Waals surface area contributed by atoms with E-state index in [9.17, 15) is 0 Å². The summed E-state index contributed by atoms with van der Waals surface area (Å²) in [6.45, 7) is 1.93. The van der Waals surface area contributed by atoms with Crippen LogP contribution in [0.3, 0.4) is 0 Å². The van der Waals surface area contributed by atoms with Gasteiger partial charge in [0.2, 0.25) is 0 Å². The lowest BCUT2D eigenvalue weighted by molar-refractivity contribution is 1.11. The van der Waals surface area contributed by atoms with Gasteiger partial charge < -0.3 is 0 Å². The molecule has 0 fully saturated rings. The molecule has 0 aliphatic heterocycles. The highest BCUT2D eigenvalue weighted by Gasteiger charge is 2.14. The Bertz CT molecular complexity index is 659. The first-order valence-corrected chi connectivity index (χ1v) is 5.78. The van der Waals surface area contributed by atoms with Crippen molar-refractivity contribution in [2.24, 2.45) is 0 Å². The molecule has 0 atom stereocenters. The molecule has 5 nitrogen and oxygen atoms in total. The van der Waals surface area contributed by atoms with Crippen molar-refractivity contribution in [2.75, 3.05) is 0 Å². The van der Waals surface area contributed by atoms with Crippen LogP contribution in [0.2, 0.25) is 5.15 Å². The third-order valence-electron chi connectivity index (χ3n) is 2.22. The van der Waals surface area contributed by atoms with E-state index < -0.39 is 0 Å². The maximum atomic E-state index is 6.08. The number of halogens is 1. The molecule has 0 saturated heterocycles. The fraction of sp³-hybridized carbons (Fsp3) is 0.111. The van der Waals surface area contributed by atoms with Gasteiger partial charge in [0.15, 0.2) is 11.5 Å². The molecule has 80 valence electrons. The quantitative estimate of drug-likeness (QED) is 0.665. The first-order valence-electron chi connectivity index (χ1n) is 4.52. The molecule has 3 aromatic heterocycles. The summed E-state index contributed by atoms with van der Waals surface area (Å²) >= 11 is 7.59. The van der Waals surface area contributed by atoms with Crippen LogP contribution in [0.1, 0.15) is 5.69 Å². The molecule has 16 heavy (non-hydrogen) atoms. The van der Waals surface area contributed by atoms with E-state index >= 15 is 0 Å². The fourth-order valence-corrected chi connectivity index (χ4v) is 2.48. The molecule has 0 unspecified atom stereocenters. The Morgan fingerprint density at radius 1 is 1.31 bits per heavy atom. The Kier molecular flexibility index (Phi) is 2.12. The lowest BCUT2D eigenvalue weighted by Gasteiger charge is -1.99. The number of rotatable bonds is 1. The van der Waals surface area contributed by atoms with E-state index in [0.717, 1.165) is 10.6 Å². The minimum atomic E-state index is 0.491. The predicted octanol–water partition coefficient (Wildman–Crippen LogP) is 2.21. The minimum Gasteiger partial charge on any atom is -0.262 e. The molecule has 3 aromatic rings. The molecule has 0 aromatic carbocycles. The van der Waals surface area contributed by atoms with Crippen LogP contribution in [0.4, 0.5) is 0 Å². The Balaban J connectivity index is 2.37. The summed E-state index contributed by atoms with van der Waals surface area (Å²) in [6.07, 6.45) is 3.19. The van der Waals surface area contributed by atoms with Crippen LogP contribution >= 0.6 is 22.9 Å². The number of aromatic nitrogens is 5. The number of aryl methyl sites for hydroxylation is 1. The summed E-state index contributed by atoms with van der Waals surface area (Å²) in [4.78, 5) is 9.12. The summed E-state index contributed by atoms with van der Waals surface area (Å²) in [5.74, 6) is 0.711.